The lowest BCUT2D eigenvalue weighted by Crippen LogP contribution is -2.52. The number of amides is 2. The van der Waals surface area contributed by atoms with Gasteiger partial charge in [0.1, 0.15) is 5.69 Å². The fraction of sp³-hybridized carbons (Fsp3) is 0.500. The maximum Gasteiger partial charge on any atom is 0.281 e. The van der Waals surface area contributed by atoms with Gasteiger partial charge in [0.05, 0.1) is 18.4 Å². The molecule has 0 aliphatic carbocycles. The summed E-state index contributed by atoms with van der Waals surface area (Å²) in [7, 11) is 0. The Hall–Kier alpha value is -1.65. The van der Waals surface area contributed by atoms with Crippen LogP contribution in [0.1, 0.15) is 37.0 Å². The van der Waals surface area contributed by atoms with Gasteiger partial charge >= 0.3 is 0 Å². The molecule has 1 aromatic heterocycles. The van der Waals surface area contributed by atoms with Crippen LogP contribution < -0.4 is 0 Å². The molecule has 2 rings (SSSR count). The number of imidazole rings is 1. The van der Waals surface area contributed by atoms with Gasteiger partial charge in [-0.15, -0.1) is 0 Å². The highest BCUT2D eigenvalue weighted by molar-refractivity contribution is 6.08. The predicted molar refractivity (Wildman–Crippen MR) is 53.2 cm³/mol. The molecule has 2 amide bonds. The molecule has 80 valence electrons. The van der Waals surface area contributed by atoms with Gasteiger partial charge < -0.3 is 4.98 Å². The van der Waals surface area contributed by atoms with E-state index in [1.807, 2.05) is 20.8 Å². The van der Waals surface area contributed by atoms with Crippen molar-refractivity contribution < 1.29 is 9.59 Å². The van der Waals surface area contributed by atoms with Crippen LogP contribution in [0.15, 0.2) is 6.33 Å². The van der Waals surface area contributed by atoms with Crippen LogP contribution in [0.3, 0.4) is 0 Å². The minimum atomic E-state index is -0.495. The smallest absolute Gasteiger partial charge is 0.281 e. The van der Waals surface area contributed by atoms with Gasteiger partial charge in [-0.25, -0.2) is 4.98 Å². The predicted octanol–water partition coefficient (Wildman–Crippen LogP) is 0.733. The molecule has 1 aliphatic rings. The van der Waals surface area contributed by atoms with E-state index in [-0.39, 0.29) is 18.2 Å². The molecule has 0 spiro atoms. The monoisotopic (exact) mass is 207 g/mol. The Morgan fingerprint density at radius 2 is 2.07 bits per heavy atom. The highest BCUT2D eigenvalue weighted by atomic mass is 16.2. The van der Waals surface area contributed by atoms with E-state index in [0.29, 0.717) is 11.4 Å². The van der Waals surface area contributed by atoms with Crippen LogP contribution in [0.5, 0.6) is 0 Å². The second-order valence-corrected chi connectivity index (χ2v) is 4.61. The summed E-state index contributed by atoms with van der Waals surface area (Å²) in [6.45, 7) is 5.50. The van der Waals surface area contributed by atoms with Crippen molar-refractivity contribution in [1.29, 1.82) is 0 Å². The molecule has 2 heterocycles. The van der Waals surface area contributed by atoms with Gasteiger partial charge in [0.15, 0.2) is 0 Å². The largest absolute Gasteiger partial charge is 0.347 e. The molecule has 0 aromatic carbocycles. The van der Waals surface area contributed by atoms with Gasteiger partial charge in [-0.3, -0.25) is 14.5 Å². The molecule has 5 nitrogen and oxygen atoms in total. The lowest BCUT2D eigenvalue weighted by Gasteiger charge is -2.35. The van der Waals surface area contributed by atoms with Crippen LogP contribution >= 0.6 is 0 Å². The van der Waals surface area contributed by atoms with E-state index in [1.54, 1.807) is 0 Å². The first-order valence-electron chi connectivity index (χ1n) is 4.81. The van der Waals surface area contributed by atoms with Crippen LogP contribution in [0.2, 0.25) is 0 Å². The van der Waals surface area contributed by atoms with Crippen molar-refractivity contribution in [3.63, 3.8) is 0 Å². The van der Waals surface area contributed by atoms with Gasteiger partial charge in [0.25, 0.3) is 5.91 Å². The van der Waals surface area contributed by atoms with E-state index in [0.717, 1.165) is 0 Å². The molecule has 0 fully saturated rings. The molecule has 5 heteroatoms. The number of hydrogen-bond acceptors (Lipinski definition) is 3. The number of nitrogens with one attached hydrogen (secondary N) is 1. The summed E-state index contributed by atoms with van der Waals surface area (Å²) < 4.78 is 0. The Bertz CT molecular complexity index is 428. The topological polar surface area (TPSA) is 66.1 Å². The van der Waals surface area contributed by atoms with Crippen molar-refractivity contribution in [1.82, 2.24) is 14.9 Å². The molecule has 1 aromatic rings. The standard InChI is InChI=1S/C10H13N3O2/c1-10(2,3)13-7(14)4-6-8(9(13)15)12-5-11-6/h5H,4H2,1-3H3,(H,11,12). The van der Waals surface area contributed by atoms with E-state index < -0.39 is 5.54 Å². The maximum atomic E-state index is 12.0. The van der Waals surface area contributed by atoms with E-state index in [9.17, 15) is 9.59 Å². The molecule has 1 aliphatic heterocycles. The molecular weight excluding hydrogens is 194 g/mol. The number of imide groups is 1. The van der Waals surface area contributed by atoms with Crippen molar-refractivity contribution in [3.8, 4) is 0 Å². The third kappa shape index (κ3) is 1.44. The van der Waals surface area contributed by atoms with Gasteiger partial charge in [-0.2, -0.15) is 0 Å². The summed E-state index contributed by atoms with van der Waals surface area (Å²) in [5, 5.41) is 0. The normalized spacial score (nSPS) is 16.9. The molecule has 15 heavy (non-hydrogen) atoms. The molecule has 0 unspecified atom stereocenters. The van der Waals surface area contributed by atoms with E-state index in [4.69, 9.17) is 0 Å². The molecule has 0 radical (unpaired) electrons. The number of aromatic nitrogens is 2. The fourth-order valence-corrected chi connectivity index (χ4v) is 1.77. The maximum absolute atomic E-state index is 12.0. The number of fused-ring (bicyclic) bond motifs is 1. The zero-order valence-electron chi connectivity index (χ0n) is 9.00. The number of carbonyl (C=O) groups excluding carboxylic acids is 2. The minimum absolute atomic E-state index is 0.177. The molecule has 0 atom stereocenters. The van der Waals surface area contributed by atoms with Crippen LogP contribution in [-0.2, 0) is 11.2 Å². The Balaban J connectivity index is 2.47. The summed E-state index contributed by atoms with van der Waals surface area (Å²) in [6.07, 6.45) is 1.67. The van der Waals surface area contributed by atoms with Crippen molar-refractivity contribution in [2.45, 2.75) is 32.7 Å². The summed E-state index contributed by atoms with van der Waals surface area (Å²) in [5.41, 5.74) is 0.486. The lowest BCUT2D eigenvalue weighted by molar-refractivity contribution is -0.132. The Morgan fingerprint density at radius 3 is 2.67 bits per heavy atom. The van der Waals surface area contributed by atoms with E-state index in [2.05, 4.69) is 9.97 Å². The number of H-pyrrole nitrogens is 1. The third-order valence-electron chi connectivity index (χ3n) is 2.37. The number of rotatable bonds is 0. The first-order valence-corrected chi connectivity index (χ1v) is 4.81. The molecule has 0 bridgehead atoms. The average Bonchev–Trinajstić information content (AvgIpc) is 2.48. The van der Waals surface area contributed by atoms with Crippen LogP contribution in [0.25, 0.3) is 0 Å². The number of nitrogens with zero attached hydrogens (tertiary/aromatic N) is 2. The highest BCUT2D eigenvalue weighted by Gasteiger charge is 2.39. The van der Waals surface area contributed by atoms with Gasteiger partial charge in [0.2, 0.25) is 5.91 Å². The number of aromatic amines is 1. The number of carbonyl (C=O) groups is 2. The molecular formula is C10H13N3O2. The average molecular weight is 207 g/mol. The summed E-state index contributed by atoms with van der Waals surface area (Å²) in [5.74, 6) is -0.487. The van der Waals surface area contributed by atoms with Crippen LogP contribution in [0.4, 0.5) is 0 Å². The quantitative estimate of drug-likeness (QED) is 0.638. The van der Waals surface area contributed by atoms with Crippen LogP contribution in [0, 0.1) is 0 Å². The van der Waals surface area contributed by atoms with E-state index >= 15 is 0 Å². The minimum Gasteiger partial charge on any atom is -0.347 e. The molecule has 1 N–H and O–H groups in total. The van der Waals surface area contributed by atoms with Crippen LogP contribution in [-0.4, -0.2) is 32.2 Å². The first-order chi connectivity index (χ1) is 6.91. The SMILES string of the molecule is CC(C)(C)N1C(=O)Cc2[nH]cnc2C1=O. The Labute approximate surface area is 87.5 Å². The third-order valence-corrected chi connectivity index (χ3v) is 2.37. The van der Waals surface area contributed by atoms with Crippen molar-refractivity contribution in [3.05, 3.63) is 17.7 Å². The zero-order valence-corrected chi connectivity index (χ0v) is 9.00. The summed E-state index contributed by atoms with van der Waals surface area (Å²) in [6, 6.07) is 0. The zero-order chi connectivity index (χ0) is 11.2. The summed E-state index contributed by atoms with van der Waals surface area (Å²) in [4.78, 5) is 31.7. The molecule has 0 saturated carbocycles. The van der Waals surface area contributed by atoms with Crippen molar-refractivity contribution in [2.75, 3.05) is 0 Å². The second kappa shape index (κ2) is 2.92. The van der Waals surface area contributed by atoms with E-state index in [1.165, 1.54) is 11.2 Å². The lowest BCUT2D eigenvalue weighted by atomic mass is 10.0. The van der Waals surface area contributed by atoms with Crippen molar-refractivity contribution >= 4 is 11.8 Å². The van der Waals surface area contributed by atoms with Gasteiger partial charge in [0, 0.05) is 5.54 Å². The highest BCUT2D eigenvalue weighted by Crippen LogP contribution is 2.23. The number of hydrogen-bond donors (Lipinski definition) is 1. The van der Waals surface area contributed by atoms with Gasteiger partial charge in [-0.1, -0.05) is 0 Å². The Morgan fingerprint density at radius 1 is 1.40 bits per heavy atom. The van der Waals surface area contributed by atoms with Crippen molar-refractivity contribution in [2.24, 2.45) is 0 Å². The fourth-order valence-electron chi connectivity index (χ4n) is 1.77. The Kier molecular flexibility index (Phi) is 1.92. The summed E-state index contributed by atoms with van der Waals surface area (Å²) >= 11 is 0. The first kappa shape index (κ1) is 9.89. The van der Waals surface area contributed by atoms with Gasteiger partial charge in [-0.05, 0) is 20.8 Å². The molecule has 0 saturated heterocycles. The second-order valence-electron chi connectivity index (χ2n) is 4.61.